The van der Waals surface area contributed by atoms with E-state index in [2.05, 4.69) is 23.7 Å². The molecule has 0 aromatic carbocycles. The van der Waals surface area contributed by atoms with E-state index in [1.54, 1.807) is 18.5 Å². The topological polar surface area (TPSA) is 59.2 Å². The van der Waals surface area contributed by atoms with E-state index in [1.807, 2.05) is 4.90 Å². The van der Waals surface area contributed by atoms with Crippen LogP contribution < -0.4 is 5.73 Å². The van der Waals surface area contributed by atoms with Crippen LogP contribution in [0.3, 0.4) is 0 Å². The molecule has 2 rings (SSSR count). The van der Waals surface area contributed by atoms with Crippen LogP contribution in [0.1, 0.15) is 48.5 Å². The smallest absolute Gasteiger partial charge is 0.255 e. The Morgan fingerprint density at radius 1 is 1.45 bits per heavy atom. The Morgan fingerprint density at radius 3 is 3.10 bits per heavy atom. The highest BCUT2D eigenvalue weighted by Gasteiger charge is 2.23. The third-order valence-corrected chi connectivity index (χ3v) is 3.63. The summed E-state index contributed by atoms with van der Waals surface area (Å²) in [6.45, 7) is 3.26. The van der Waals surface area contributed by atoms with Crippen LogP contribution in [0, 0.1) is 11.8 Å². The molecule has 0 spiro atoms. The zero-order valence-electron chi connectivity index (χ0n) is 11.9. The van der Waals surface area contributed by atoms with E-state index in [-0.39, 0.29) is 5.91 Å². The standard InChI is InChI=1S/C16H21N3O/c1-13-6-3-2-4-9-19(13)16(20)15-10-14(7-5-8-17)11-18-12-15/h10-13H,2-4,6,8-9,17H2,1H3. The fraction of sp³-hybridized carbons (Fsp3) is 0.500. The van der Waals surface area contributed by atoms with Crippen LogP contribution >= 0.6 is 0 Å². The number of pyridine rings is 1. The van der Waals surface area contributed by atoms with E-state index < -0.39 is 0 Å². The lowest BCUT2D eigenvalue weighted by Gasteiger charge is -2.27. The van der Waals surface area contributed by atoms with Crippen molar-refractivity contribution in [1.29, 1.82) is 0 Å². The SMILES string of the molecule is CC1CCCCCN1C(=O)c1cncc(C#CCN)c1. The van der Waals surface area contributed by atoms with E-state index in [4.69, 9.17) is 5.73 Å². The minimum absolute atomic E-state index is 0.0586. The van der Waals surface area contributed by atoms with Gasteiger partial charge < -0.3 is 10.6 Å². The van der Waals surface area contributed by atoms with Crippen LogP contribution in [-0.4, -0.2) is 34.9 Å². The summed E-state index contributed by atoms with van der Waals surface area (Å²) < 4.78 is 0. The van der Waals surface area contributed by atoms with Gasteiger partial charge in [-0.15, -0.1) is 0 Å². The van der Waals surface area contributed by atoms with Gasteiger partial charge in [-0.05, 0) is 25.8 Å². The first-order valence-electron chi connectivity index (χ1n) is 7.17. The van der Waals surface area contributed by atoms with Gasteiger partial charge in [0.1, 0.15) is 0 Å². The average molecular weight is 271 g/mol. The predicted octanol–water partition coefficient (Wildman–Crippen LogP) is 1.80. The molecule has 1 fully saturated rings. The molecule has 4 heteroatoms. The van der Waals surface area contributed by atoms with Gasteiger partial charge in [0.05, 0.1) is 12.1 Å². The first kappa shape index (κ1) is 14.5. The molecule has 1 aromatic heterocycles. The second-order valence-corrected chi connectivity index (χ2v) is 5.17. The van der Waals surface area contributed by atoms with Gasteiger partial charge in [-0.25, -0.2) is 0 Å². The molecule has 2 N–H and O–H groups in total. The van der Waals surface area contributed by atoms with Crippen molar-refractivity contribution in [2.45, 2.75) is 38.6 Å². The number of carbonyl (C=O) groups is 1. The molecule has 2 heterocycles. The van der Waals surface area contributed by atoms with Gasteiger partial charge in [-0.3, -0.25) is 9.78 Å². The number of amides is 1. The van der Waals surface area contributed by atoms with E-state index in [1.165, 1.54) is 12.8 Å². The van der Waals surface area contributed by atoms with Crippen LogP contribution in [0.2, 0.25) is 0 Å². The fourth-order valence-corrected chi connectivity index (χ4v) is 2.52. The van der Waals surface area contributed by atoms with Gasteiger partial charge in [-0.2, -0.15) is 0 Å². The number of hydrogen-bond donors (Lipinski definition) is 1. The number of rotatable bonds is 1. The summed E-state index contributed by atoms with van der Waals surface area (Å²) in [5, 5.41) is 0. The molecule has 4 nitrogen and oxygen atoms in total. The van der Waals surface area contributed by atoms with E-state index in [0.29, 0.717) is 18.2 Å². The van der Waals surface area contributed by atoms with Crippen molar-refractivity contribution in [3.63, 3.8) is 0 Å². The molecule has 0 radical (unpaired) electrons. The summed E-state index contributed by atoms with van der Waals surface area (Å²) in [6, 6.07) is 2.10. The predicted molar refractivity (Wildman–Crippen MR) is 79.1 cm³/mol. The van der Waals surface area contributed by atoms with Gasteiger partial charge in [0.25, 0.3) is 5.91 Å². The highest BCUT2D eigenvalue weighted by atomic mass is 16.2. The maximum absolute atomic E-state index is 12.6. The van der Waals surface area contributed by atoms with E-state index >= 15 is 0 Å². The number of aromatic nitrogens is 1. The molecule has 1 aliphatic heterocycles. The van der Waals surface area contributed by atoms with Gasteiger partial charge in [0.15, 0.2) is 0 Å². The van der Waals surface area contributed by atoms with Gasteiger partial charge >= 0.3 is 0 Å². The number of likely N-dealkylation sites (tertiary alicyclic amines) is 1. The molecule has 20 heavy (non-hydrogen) atoms. The molecule has 1 aliphatic rings. The number of hydrogen-bond acceptors (Lipinski definition) is 3. The van der Waals surface area contributed by atoms with Crippen LogP contribution in [0.4, 0.5) is 0 Å². The van der Waals surface area contributed by atoms with E-state index in [9.17, 15) is 4.79 Å². The van der Waals surface area contributed by atoms with Crippen LogP contribution in [0.25, 0.3) is 0 Å². The number of nitrogens with two attached hydrogens (primary N) is 1. The third-order valence-electron chi connectivity index (χ3n) is 3.63. The van der Waals surface area contributed by atoms with Crippen molar-refractivity contribution in [3.8, 4) is 11.8 Å². The lowest BCUT2D eigenvalue weighted by atomic mass is 10.1. The summed E-state index contributed by atoms with van der Waals surface area (Å²) in [6.07, 6.45) is 7.83. The average Bonchev–Trinajstić information content (AvgIpc) is 2.69. The highest BCUT2D eigenvalue weighted by molar-refractivity contribution is 5.94. The second kappa shape index (κ2) is 7.06. The number of carbonyl (C=O) groups excluding carboxylic acids is 1. The van der Waals surface area contributed by atoms with Crippen molar-refractivity contribution in [2.75, 3.05) is 13.1 Å². The van der Waals surface area contributed by atoms with Crippen molar-refractivity contribution >= 4 is 5.91 Å². The maximum atomic E-state index is 12.6. The molecule has 1 saturated heterocycles. The lowest BCUT2D eigenvalue weighted by molar-refractivity contribution is 0.0697. The zero-order chi connectivity index (χ0) is 14.4. The Labute approximate surface area is 120 Å². The molecule has 106 valence electrons. The minimum Gasteiger partial charge on any atom is -0.336 e. The fourth-order valence-electron chi connectivity index (χ4n) is 2.52. The Balaban J connectivity index is 2.19. The van der Waals surface area contributed by atoms with Crippen molar-refractivity contribution < 1.29 is 4.79 Å². The quantitative estimate of drug-likeness (QED) is 0.792. The highest BCUT2D eigenvalue weighted by Crippen LogP contribution is 2.19. The minimum atomic E-state index is 0.0586. The van der Waals surface area contributed by atoms with Crippen LogP contribution in [-0.2, 0) is 0 Å². The molecular weight excluding hydrogens is 250 g/mol. The van der Waals surface area contributed by atoms with Crippen molar-refractivity contribution in [3.05, 3.63) is 29.6 Å². The monoisotopic (exact) mass is 271 g/mol. The maximum Gasteiger partial charge on any atom is 0.255 e. The largest absolute Gasteiger partial charge is 0.336 e. The molecule has 1 amide bonds. The van der Waals surface area contributed by atoms with Gasteiger partial charge in [-0.1, -0.05) is 24.7 Å². The zero-order valence-corrected chi connectivity index (χ0v) is 11.9. The second-order valence-electron chi connectivity index (χ2n) is 5.17. The Bertz CT molecular complexity index is 530. The van der Waals surface area contributed by atoms with Crippen molar-refractivity contribution in [1.82, 2.24) is 9.88 Å². The summed E-state index contributed by atoms with van der Waals surface area (Å²) >= 11 is 0. The van der Waals surface area contributed by atoms with Gasteiger partial charge in [0, 0.05) is 30.5 Å². The normalized spacial score (nSPS) is 18.9. The molecule has 0 saturated carbocycles. The van der Waals surface area contributed by atoms with Crippen molar-refractivity contribution in [2.24, 2.45) is 5.73 Å². The van der Waals surface area contributed by atoms with Crippen LogP contribution in [0.15, 0.2) is 18.5 Å². The summed E-state index contributed by atoms with van der Waals surface area (Å²) in [7, 11) is 0. The Morgan fingerprint density at radius 2 is 2.30 bits per heavy atom. The molecule has 1 aromatic rings. The molecule has 1 unspecified atom stereocenters. The van der Waals surface area contributed by atoms with Crippen LogP contribution in [0.5, 0.6) is 0 Å². The summed E-state index contributed by atoms with van der Waals surface area (Å²) in [4.78, 5) is 18.7. The summed E-state index contributed by atoms with van der Waals surface area (Å²) in [5.41, 5.74) is 6.71. The Kier molecular flexibility index (Phi) is 5.14. The lowest BCUT2D eigenvalue weighted by Crippen LogP contribution is -2.38. The van der Waals surface area contributed by atoms with Gasteiger partial charge in [0.2, 0.25) is 0 Å². The third kappa shape index (κ3) is 3.58. The number of nitrogens with zero attached hydrogens (tertiary/aromatic N) is 2. The first-order valence-corrected chi connectivity index (χ1v) is 7.17. The molecule has 0 aliphatic carbocycles. The first-order chi connectivity index (χ1) is 9.72. The summed E-state index contributed by atoms with van der Waals surface area (Å²) in [5.74, 6) is 5.76. The van der Waals surface area contributed by atoms with E-state index in [0.717, 1.165) is 24.9 Å². The molecule has 1 atom stereocenters. The molecule has 0 bridgehead atoms. The Hall–Kier alpha value is -1.86. The molecular formula is C16H21N3O.